The Balaban J connectivity index is 2.30. The third-order valence-electron chi connectivity index (χ3n) is 3.03. The van der Waals surface area contributed by atoms with E-state index in [0.29, 0.717) is 0 Å². The zero-order chi connectivity index (χ0) is 14.0. The third-order valence-corrected chi connectivity index (χ3v) is 3.03. The number of phenolic OH excluding ortho intramolecular Hbond substituents is 3. The molecule has 1 atom stereocenters. The highest BCUT2D eigenvalue weighted by atomic mass is 16.3. The van der Waals surface area contributed by atoms with E-state index in [1.807, 2.05) is 0 Å². The Bertz CT molecular complexity index is 602. The summed E-state index contributed by atoms with van der Waals surface area (Å²) < 4.78 is 0. The average molecular weight is 258 g/mol. The molecular weight excluding hydrogens is 244 g/mol. The maximum absolute atomic E-state index is 12.3. The second-order valence-electron chi connectivity index (χ2n) is 4.38. The lowest BCUT2D eigenvalue weighted by Gasteiger charge is -2.12. The molecule has 2 rings (SSSR count). The van der Waals surface area contributed by atoms with Crippen molar-refractivity contribution in [2.24, 2.45) is 0 Å². The Hall–Kier alpha value is -2.49. The zero-order valence-corrected chi connectivity index (χ0v) is 10.4. The minimum atomic E-state index is -0.448. The molecular formula is C15H14O4. The minimum Gasteiger partial charge on any atom is -0.508 e. The van der Waals surface area contributed by atoms with Gasteiger partial charge in [-0.25, -0.2) is 0 Å². The molecule has 0 aliphatic carbocycles. The zero-order valence-electron chi connectivity index (χ0n) is 10.4. The van der Waals surface area contributed by atoms with Crippen LogP contribution in [0.2, 0.25) is 0 Å². The van der Waals surface area contributed by atoms with Gasteiger partial charge in [0.25, 0.3) is 0 Å². The van der Waals surface area contributed by atoms with E-state index in [0.717, 1.165) is 11.6 Å². The van der Waals surface area contributed by atoms with Crippen LogP contribution >= 0.6 is 0 Å². The van der Waals surface area contributed by atoms with Crippen molar-refractivity contribution in [2.75, 3.05) is 0 Å². The Kier molecular flexibility index (Phi) is 3.42. The van der Waals surface area contributed by atoms with Crippen molar-refractivity contribution in [1.29, 1.82) is 0 Å². The van der Waals surface area contributed by atoms with Gasteiger partial charge >= 0.3 is 0 Å². The van der Waals surface area contributed by atoms with Gasteiger partial charge in [0, 0.05) is 12.0 Å². The highest BCUT2D eigenvalue weighted by Crippen LogP contribution is 2.29. The van der Waals surface area contributed by atoms with Crippen molar-refractivity contribution in [1.82, 2.24) is 0 Å². The van der Waals surface area contributed by atoms with Gasteiger partial charge < -0.3 is 15.3 Å². The highest BCUT2D eigenvalue weighted by Gasteiger charge is 2.20. The molecule has 3 N–H and O–H groups in total. The molecule has 0 heterocycles. The van der Waals surface area contributed by atoms with Crippen LogP contribution in [0.15, 0.2) is 42.5 Å². The summed E-state index contributed by atoms with van der Waals surface area (Å²) in [5.74, 6) is -0.892. The number of benzene rings is 2. The Morgan fingerprint density at radius 1 is 0.947 bits per heavy atom. The Morgan fingerprint density at radius 2 is 1.53 bits per heavy atom. The number of phenols is 3. The summed E-state index contributed by atoms with van der Waals surface area (Å²) in [5, 5.41) is 28.1. The van der Waals surface area contributed by atoms with Crippen molar-refractivity contribution < 1.29 is 20.1 Å². The van der Waals surface area contributed by atoms with Gasteiger partial charge in [-0.05, 0) is 29.8 Å². The van der Waals surface area contributed by atoms with Gasteiger partial charge in [0.05, 0.1) is 5.56 Å². The van der Waals surface area contributed by atoms with Gasteiger partial charge in [0.2, 0.25) is 0 Å². The molecule has 0 radical (unpaired) electrons. The standard InChI is InChI=1S/C15H14O4/c1-9(10-2-4-11(16)5-3-10)15(19)13-7-6-12(17)8-14(13)18/h2-9,16-18H,1H3. The largest absolute Gasteiger partial charge is 0.508 e. The van der Waals surface area contributed by atoms with Crippen LogP contribution in [0, 0.1) is 0 Å². The fourth-order valence-corrected chi connectivity index (χ4v) is 1.88. The molecule has 98 valence electrons. The second kappa shape index (κ2) is 5.02. The molecule has 4 heteroatoms. The van der Waals surface area contributed by atoms with Gasteiger partial charge in [-0.2, -0.15) is 0 Å². The fraction of sp³-hybridized carbons (Fsp3) is 0.133. The Morgan fingerprint density at radius 3 is 2.11 bits per heavy atom. The second-order valence-corrected chi connectivity index (χ2v) is 4.38. The SMILES string of the molecule is CC(C(=O)c1ccc(O)cc1O)c1ccc(O)cc1. The van der Waals surface area contributed by atoms with Crippen molar-refractivity contribution in [3.8, 4) is 17.2 Å². The number of hydrogen-bond donors (Lipinski definition) is 3. The predicted molar refractivity (Wildman–Crippen MR) is 70.6 cm³/mol. The van der Waals surface area contributed by atoms with E-state index in [9.17, 15) is 20.1 Å². The molecule has 0 saturated heterocycles. The van der Waals surface area contributed by atoms with Crippen molar-refractivity contribution in [3.63, 3.8) is 0 Å². The molecule has 0 aromatic heterocycles. The first-order valence-corrected chi connectivity index (χ1v) is 5.84. The molecule has 19 heavy (non-hydrogen) atoms. The topological polar surface area (TPSA) is 77.8 Å². The number of Topliss-reactive ketones (excluding diaryl/α,β-unsaturated/α-hetero) is 1. The van der Waals surface area contributed by atoms with Crippen LogP contribution in [0.1, 0.15) is 28.8 Å². The molecule has 4 nitrogen and oxygen atoms in total. The summed E-state index contributed by atoms with van der Waals surface area (Å²) in [6.07, 6.45) is 0. The number of rotatable bonds is 3. The first kappa shape index (κ1) is 13.0. The monoisotopic (exact) mass is 258 g/mol. The predicted octanol–water partition coefficient (Wildman–Crippen LogP) is 2.79. The normalized spacial score (nSPS) is 12.1. The number of hydrogen-bond acceptors (Lipinski definition) is 4. The summed E-state index contributed by atoms with van der Waals surface area (Å²) >= 11 is 0. The lowest BCUT2D eigenvalue weighted by Crippen LogP contribution is -2.09. The average Bonchev–Trinajstić information content (AvgIpc) is 2.38. The van der Waals surface area contributed by atoms with E-state index in [-0.39, 0.29) is 28.6 Å². The smallest absolute Gasteiger partial charge is 0.173 e. The molecule has 0 bridgehead atoms. The maximum atomic E-state index is 12.3. The van der Waals surface area contributed by atoms with Gasteiger partial charge in [-0.1, -0.05) is 19.1 Å². The van der Waals surface area contributed by atoms with E-state index < -0.39 is 5.92 Å². The summed E-state index contributed by atoms with van der Waals surface area (Å²) in [4.78, 5) is 12.3. The van der Waals surface area contributed by atoms with Crippen molar-refractivity contribution in [2.45, 2.75) is 12.8 Å². The van der Waals surface area contributed by atoms with E-state index >= 15 is 0 Å². The first-order chi connectivity index (χ1) is 8.99. The molecule has 2 aromatic rings. The van der Waals surface area contributed by atoms with Crippen LogP contribution in [-0.4, -0.2) is 21.1 Å². The van der Waals surface area contributed by atoms with Crippen LogP contribution in [0.25, 0.3) is 0 Å². The molecule has 0 aliphatic heterocycles. The summed E-state index contributed by atoms with van der Waals surface area (Å²) in [5.41, 5.74) is 0.911. The van der Waals surface area contributed by atoms with Crippen LogP contribution < -0.4 is 0 Å². The van der Waals surface area contributed by atoms with Crippen LogP contribution in [0.4, 0.5) is 0 Å². The highest BCUT2D eigenvalue weighted by molar-refractivity contribution is 6.03. The number of carbonyl (C=O) groups is 1. The molecule has 0 spiro atoms. The van der Waals surface area contributed by atoms with Gasteiger partial charge in [-0.3, -0.25) is 4.79 Å². The molecule has 0 amide bonds. The van der Waals surface area contributed by atoms with Gasteiger partial charge in [0.1, 0.15) is 17.2 Å². The molecule has 0 aliphatic rings. The number of aromatic hydroxyl groups is 3. The minimum absolute atomic E-state index is 0.0914. The lowest BCUT2D eigenvalue weighted by molar-refractivity contribution is 0.0963. The van der Waals surface area contributed by atoms with E-state index in [4.69, 9.17) is 0 Å². The van der Waals surface area contributed by atoms with Crippen molar-refractivity contribution in [3.05, 3.63) is 53.6 Å². The Labute approximate surface area is 110 Å². The van der Waals surface area contributed by atoms with Gasteiger partial charge in [0.15, 0.2) is 5.78 Å². The molecule has 0 fully saturated rings. The summed E-state index contributed by atoms with van der Waals surface area (Å²) in [6.45, 7) is 1.72. The van der Waals surface area contributed by atoms with E-state index in [1.165, 1.54) is 24.3 Å². The number of carbonyl (C=O) groups excluding carboxylic acids is 1. The summed E-state index contributed by atoms with van der Waals surface area (Å²) in [6, 6.07) is 10.2. The quantitative estimate of drug-likeness (QED) is 0.740. The van der Waals surface area contributed by atoms with Crippen LogP contribution in [0.3, 0.4) is 0 Å². The molecule has 2 aromatic carbocycles. The van der Waals surface area contributed by atoms with E-state index in [2.05, 4.69) is 0 Å². The van der Waals surface area contributed by atoms with Gasteiger partial charge in [-0.15, -0.1) is 0 Å². The van der Waals surface area contributed by atoms with Crippen molar-refractivity contribution >= 4 is 5.78 Å². The first-order valence-electron chi connectivity index (χ1n) is 5.84. The molecule has 1 unspecified atom stereocenters. The fourth-order valence-electron chi connectivity index (χ4n) is 1.88. The maximum Gasteiger partial charge on any atom is 0.173 e. The number of ketones is 1. The summed E-state index contributed by atoms with van der Waals surface area (Å²) in [7, 11) is 0. The van der Waals surface area contributed by atoms with Crippen LogP contribution in [0.5, 0.6) is 17.2 Å². The molecule has 0 saturated carbocycles. The van der Waals surface area contributed by atoms with E-state index in [1.54, 1.807) is 19.1 Å². The lowest BCUT2D eigenvalue weighted by atomic mass is 9.92. The van der Waals surface area contributed by atoms with Crippen LogP contribution in [-0.2, 0) is 0 Å². The third kappa shape index (κ3) is 2.68.